The molecule has 0 aromatic rings. The van der Waals surface area contributed by atoms with Crippen molar-refractivity contribution in [1.82, 2.24) is 0 Å². The number of carbonyl (C=O) groups excluding carboxylic acids is 1. The van der Waals surface area contributed by atoms with Crippen molar-refractivity contribution in [2.24, 2.45) is 29.1 Å². The van der Waals surface area contributed by atoms with Gasteiger partial charge < -0.3 is 5.11 Å². The molecule has 3 aliphatic rings. The van der Waals surface area contributed by atoms with E-state index in [1.54, 1.807) is 0 Å². The summed E-state index contributed by atoms with van der Waals surface area (Å²) in [5, 5.41) is 9.86. The fourth-order valence-electron chi connectivity index (χ4n) is 4.48. The number of carbonyl (C=O) groups is 1. The number of fused-ring (bicyclic) bond motifs is 3. The maximum Gasteiger partial charge on any atom is 0.142 e. The van der Waals surface area contributed by atoms with Crippen molar-refractivity contribution in [3.8, 4) is 0 Å². The summed E-state index contributed by atoms with van der Waals surface area (Å²) < 4.78 is 0. The van der Waals surface area contributed by atoms with Gasteiger partial charge in [0.2, 0.25) is 0 Å². The SMILES string of the molecule is CC1(C)C(=O)C2C3CCC(O)C3CCC21. The largest absolute Gasteiger partial charge is 0.393 e. The molecule has 0 radical (unpaired) electrons. The van der Waals surface area contributed by atoms with Crippen LogP contribution in [0.5, 0.6) is 0 Å². The Morgan fingerprint density at radius 3 is 2.53 bits per heavy atom. The minimum absolute atomic E-state index is 0.0663. The van der Waals surface area contributed by atoms with E-state index in [9.17, 15) is 9.90 Å². The predicted octanol–water partition coefficient (Wildman–Crippen LogP) is 2.01. The van der Waals surface area contributed by atoms with Crippen molar-refractivity contribution >= 4 is 5.78 Å². The molecule has 3 rings (SSSR count). The molecule has 1 N–H and O–H groups in total. The van der Waals surface area contributed by atoms with Crippen molar-refractivity contribution < 1.29 is 9.90 Å². The lowest BCUT2D eigenvalue weighted by atomic mass is 9.46. The van der Waals surface area contributed by atoms with Crippen LogP contribution >= 0.6 is 0 Å². The monoisotopic (exact) mass is 208 g/mol. The second-order valence-electron chi connectivity index (χ2n) is 6.27. The average Bonchev–Trinajstić information content (AvgIpc) is 2.58. The van der Waals surface area contributed by atoms with Gasteiger partial charge in [-0.25, -0.2) is 0 Å². The van der Waals surface area contributed by atoms with Gasteiger partial charge in [-0.15, -0.1) is 0 Å². The molecule has 3 saturated carbocycles. The van der Waals surface area contributed by atoms with Crippen LogP contribution in [0.25, 0.3) is 0 Å². The number of hydrogen-bond acceptors (Lipinski definition) is 2. The van der Waals surface area contributed by atoms with Gasteiger partial charge in [0.05, 0.1) is 6.10 Å². The fraction of sp³-hybridized carbons (Fsp3) is 0.923. The van der Waals surface area contributed by atoms with Crippen LogP contribution in [-0.4, -0.2) is 17.0 Å². The molecular weight excluding hydrogens is 188 g/mol. The molecule has 0 aromatic carbocycles. The number of hydrogen-bond donors (Lipinski definition) is 1. The molecule has 0 heterocycles. The van der Waals surface area contributed by atoms with Crippen LogP contribution in [0.3, 0.4) is 0 Å². The molecule has 0 aliphatic heterocycles. The second kappa shape index (κ2) is 2.85. The number of ketones is 1. The summed E-state index contributed by atoms with van der Waals surface area (Å²) in [5.41, 5.74) is -0.0663. The molecular formula is C13H20O2. The Kier molecular flexibility index (Phi) is 1.87. The third-order valence-corrected chi connectivity index (χ3v) is 5.41. The molecule has 3 fully saturated rings. The van der Waals surface area contributed by atoms with Gasteiger partial charge in [-0.3, -0.25) is 4.79 Å². The van der Waals surface area contributed by atoms with Crippen LogP contribution in [0.2, 0.25) is 0 Å². The Balaban J connectivity index is 1.86. The molecule has 5 unspecified atom stereocenters. The third-order valence-electron chi connectivity index (χ3n) is 5.41. The first-order chi connectivity index (χ1) is 7.03. The van der Waals surface area contributed by atoms with Crippen molar-refractivity contribution in [2.45, 2.75) is 45.6 Å². The zero-order valence-electron chi connectivity index (χ0n) is 9.57. The van der Waals surface area contributed by atoms with Crippen LogP contribution < -0.4 is 0 Å². The maximum atomic E-state index is 12.1. The summed E-state index contributed by atoms with van der Waals surface area (Å²) >= 11 is 0. The number of Topliss-reactive ketones (excluding diaryl/α,β-unsaturated/α-hetero) is 1. The van der Waals surface area contributed by atoms with Crippen LogP contribution in [-0.2, 0) is 4.79 Å². The summed E-state index contributed by atoms with van der Waals surface area (Å²) in [6, 6.07) is 0. The first kappa shape index (κ1) is 9.83. The molecule has 84 valence electrons. The van der Waals surface area contributed by atoms with Gasteiger partial charge in [0, 0.05) is 11.3 Å². The predicted molar refractivity (Wildman–Crippen MR) is 57.2 cm³/mol. The van der Waals surface area contributed by atoms with Gasteiger partial charge in [0.1, 0.15) is 5.78 Å². The van der Waals surface area contributed by atoms with Crippen molar-refractivity contribution in [3.63, 3.8) is 0 Å². The molecule has 2 nitrogen and oxygen atoms in total. The van der Waals surface area contributed by atoms with Crippen molar-refractivity contribution in [2.75, 3.05) is 0 Å². The number of aliphatic hydroxyl groups is 1. The fourth-order valence-corrected chi connectivity index (χ4v) is 4.48. The smallest absolute Gasteiger partial charge is 0.142 e. The molecule has 0 bridgehead atoms. The number of rotatable bonds is 0. The van der Waals surface area contributed by atoms with Gasteiger partial charge in [-0.05, 0) is 43.4 Å². The zero-order valence-corrected chi connectivity index (χ0v) is 9.57. The molecule has 15 heavy (non-hydrogen) atoms. The van der Waals surface area contributed by atoms with E-state index in [4.69, 9.17) is 0 Å². The lowest BCUT2D eigenvalue weighted by Gasteiger charge is -2.56. The van der Waals surface area contributed by atoms with Crippen molar-refractivity contribution in [1.29, 1.82) is 0 Å². The first-order valence-corrected chi connectivity index (χ1v) is 6.26. The van der Waals surface area contributed by atoms with E-state index in [2.05, 4.69) is 13.8 Å². The summed E-state index contributed by atoms with van der Waals surface area (Å²) in [5.74, 6) is 2.33. The van der Waals surface area contributed by atoms with E-state index < -0.39 is 0 Å². The number of aliphatic hydroxyl groups excluding tert-OH is 1. The molecule has 0 saturated heterocycles. The van der Waals surface area contributed by atoms with E-state index in [-0.39, 0.29) is 11.5 Å². The van der Waals surface area contributed by atoms with Gasteiger partial charge in [0.25, 0.3) is 0 Å². The molecule has 0 aromatic heterocycles. The second-order valence-corrected chi connectivity index (χ2v) is 6.27. The Hall–Kier alpha value is -0.370. The first-order valence-electron chi connectivity index (χ1n) is 6.26. The van der Waals surface area contributed by atoms with E-state index >= 15 is 0 Å². The van der Waals surface area contributed by atoms with E-state index in [0.717, 1.165) is 25.7 Å². The minimum Gasteiger partial charge on any atom is -0.393 e. The summed E-state index contributed by atoms with van der Waals surface area (Å²) in [6.07, 6.45) is 4.18. The van der Waals surface area contributed by atoms with Crippen LogP contribution in [0, 0.1) is 29.1 Å². The van der Waals surface area contributed by atoms with Gasteiger partial charge in [0.15, 0.2) is 0 Å². The topological polar surface area (TPSA) is 37.3 Å². The summed E-state index contributed by atoms with van der Waals surface area (Å²) in [7, 11) is 0. The van der Waals surface area contributed by atoms with Crippen LogP contribution in [0.4, 0.5) is 0 Å². The highest BCUT2D eigenvalue weighted by atomic mass is 16.3. The van der Waals surface area contributed by atoms with Gasteiger partial charge in [-0.1, -0.05) is 13.8 Å². The van der Waals surface area contributed by atoms with E-state index in [0.29, 0.717) is 29.5 Å². The molecule has 3 aliphatic carbocycles. The Labute approximate surface area is 91.1 Å². The minimum atomic E-state index is -0.118. The maximum absolute atomic E-state index is 12.1. The van der Waals surface area contributed by atoms with E-state index in [1.807, 2.05) is 0 Å². The zero-order chi connectivity index (χ0) is 10.8. The third kappa shape index (κ3) is 1.06. The summed E-state index contributed by atoms with van der Waals surface area (Å²) in [4.78, 5) is 12.1. The molecule has 2 heteroatoms. The quantitative estimate of drug-likeness (QED) is 0.661. The molecule has 0 spiro atoms. The Bertz CT molecular complexity index is 308. The highest BCUT2D eigenvalue weighted by molar-refractivity contribution is 5.93. The lowest BCUT2D eigenvalue weighted by Crippen LogP contribution is -2.60. The van der Waals surface area contributed by atoms with Gasteiger partial charge >= 0.3 is 0 Å². The Morgan fingerprint density at radius 1 is 1.13 bits per heavy atom. The lowest BCUT2D eigenvalue weighted by molar-refractivity contribution is -0.166. The Morgan fingerprint density at radius 2 is 1.80 bits per heavy atom. The van der Waals surface area contributed by atoms with E-state index in [1.165, 1.54) is 0 Å². The van der Waals surface area contributed by atoms with Crippen LogP contribution in [0.1, 0.15) is 39.5 Å². The standard InChI is InChI=1S/C13H20O2/c1-13(2)9-5-3-7-8(4-6-10(7)14)11(9)12(13)15/h7-11,14H,3-6H2,1-2H3. The summed E-state index contributed by atoms with van der Waals surface area (Å²) in [6.45, 7) is 4.20. The normalized spacial score (nSPS) is 51.9. The van der Waals surface area contributed by atoms with Gasteiger partial charge in [-0.2, -0.15) is 0 Å². The average molecular weight is 208 g/mol. The molecule has 0 amide bonds. The highest BCUT2D eigenvalue weighted by Crippen LogP contribution is 2.61. The van der Waals surface area contributed by atoms with Crippen molar-refractivity contribution in [3.05, 3.63) is 0 Å². The highest BCUT2D eigenvalue weighted by Gasteiger charge is 2.62. The molecule has 5 atom stereocenters. The van der Waals surface area contributed by atoms with Crippen LogP contribution in [0.15, 0.2) is 0 Å².